The lowest BCUT2D eigenvalue weighted by atomic mass is 10.0. The molecule has 1 aliphatic heterocycles. The van der Waals surface area contributed by atoms with Crippen molar-refractivity contribution >= 4 is 6.09 Å². The number of hydrogen-bond acceptors (Lipinski definition) is 4. The molecule has 0 aromatic carbocycles. The molecule has 1 heterocycles. The minimum absolute atomic E-state index is 0.163. The standard InChI is InChI=1S/C11H22N2O3/c1-3-4-9(2)10-13(5-7-15-10)6-8-16-11(12)14/h9-10H,3-8H2,1-2H3,(H2,12,14). The van der Waals surface area contributed by atoms with Crippen molar-refractivity contribution in [3.05, 3.63) is 0 Å². The number of rotatable bonds is 6. The number of primary amides is 1. The Morgan fingerprint density at radius 3 is 3.06 bits per heavy atom. The molecule has 0 aliphatic carbocycles. The van der Waals surface area contributed by atoms with Crippen LogP contribution in [0.25, 0.3) is 0 Å². The second kappa shape index (κ2) is 6.70. The second-order valence-electron chi connectivity index (χ2n) is 4.23. The molecule has 1 aliphatic rings. The van der Waals surface area contributed by atoms with Gasteiger partial charge in [-0.3, -0.25) is 4.90 Å². The van der Waals surface area contributed by atoms with Crippen LogP contribution in [0.15, 0.2) is 0 Å². The first-order valence-corrected chi connectivity index (χ1v) is 5.93. The number of ether oxygens (including phenoxy) is 2. The van der Waals surface area contributed by atoms with Gasteiger partial charge in [-0.05, 0) is 12.3 Å². The van der Waals surface area contributed by atoms with Gasteiger partial charge in [0.1, 0.15) is 12.8 Å². The molecular formula is C11H22N2O3. The lowest BCUT2D eigenvalue weighted by Crippen LogP contribution is -2.38. The van der Waals surface area contributed by atoms with Gasteiger partial charge >= 0.3 is 6.09 Å². The fraction of sp³-hybridized carbons (Fsp3) is 0.909. The maximum atomic E-state index is 10.4. The van der Waals surface area contributed by atoms with E-state index in [1.54, 1.807) is 0 Å². The highest BCUT2D eigenvalue weighted by Gasteiger charge is 2.29. The zero-order chi connectivity index (χ0) is 12.0. The smallest absolute Gasteiger partial charge is 0.404 e. The molecule has 0 radical (unpaired) electrons. The van der Waals surface area contributed by atoms with Crippen molar-refractivity contribution < 1.29 is 14.3 Å². The highest BCUT2D eigenvalue weighted by Crippen LogP contribution is 2.21. The van der Waals surface area contributed by atoms with E-state index in [4.69, 9.17) is 15.2 Å². The summed E-state index contributed by atoms with van der Waals surface area (Å²) in [4.78, 5) is 12.7. The Balaban J connectivity index is 2.31. The van der Waals surface area contributed by atoms with Crippen LogP contribution in [0.3, 0.4) is 0 Å². The SMILES string of the molecule is CCCC(C)C1OCCN1CCOC(N)=O. The van der Waals surface area contributed by atoms with Gasteiger partial charge in [-0.1, -0.05) is 20.3 Å². The van der Waals surface area contributed by atoms with Crippen molar-refractivity contribution in [2.45, 2.75) is 32.9 Å². The Hall–Kier alpha value is -0.810. The van der Waals surface area contributed by atoms with Crippen molar-refractivity contribution in [1.82, 2.24) is 4.90 Å². The minimum atomic E-state index is -0.710. The van der Waals surface area contributed by atoms with E-state index < -0.39 is 6.09 Å². The number of carbonyl (C=O) groups is 1. The summed E-state index contributed by atoms with van der Waals surface area (Å²) in [6.45, 7) is 7.07. The summed E-state index contributed by atoms with van der Waals surface area (Å²) in [6.07, 6.45) is 1.76. The first-order valence-electron chi connectivity index (χ1n) is 5.93. The summed E-state index contributed by atoms with van der Waals surface area (Å²) in [5.41, 5.74) is 4.91. The molecule has 0 bridgehead atoms. The van der Waals surface area contributed by atoms with E-state index in [0.717, 1.165) is 26.0 Å². The first-order chi connectivity index (χ1) is 7.65. The molecule has 5 nitrogen and oxygen atoms in total. The molecule has 1 rings (SSSR count). The van der Waals surface area contributed by atoms with Crippen LogP contribution in [0.5, 0.6) is 0 Å². The molecule has 0 aromatic heterocycles. The van der Waals surface area contributed by atoms with Gasteiger partial charge in [-0.25, -0.2) is 4.79 Å². The monoisotopic (exact) mass is 230 g/mol. The molecule has 1 amide bonds. The average molecular weight is 230 g/mol. The van der Waals surface area contributed by atoms with Crippen molar-refractivity contribution in [1.29, 1.82) is 0 Å². The third-order valence-electron chi connectivity index (χ3n) is 2.88. The number of amides is 1. The van der Waals surface area contributed by atoms with Gasteiger partial charge in [-0.2, -0.15) is 0 Å². The number of carbonyl (C=O) groups excluding carboxylic acids is 1. The van der Waals surface area contributed by atoms with Gasteiger partial charge in [0.15, 0.2) is 0 Å². The fourth-order valence-electron chi connectivity index (χ4n) is 2.15. The highest BCUT2D eigenvalue weighted by atomic mass is 16.5. The van der Waals surface area contributed by atoms with Gasteiger partial charge in [0.25, 0.3) is 0 Å². The Bertz CT molecular complexity index is 223. The van der Waals surface area contributed by atoms with E-state index in [1.807, 2.05) is 0 Å². The fourth-order valence-corrected chi connectivity index (χ4v) is 2.15. The van der Waals surface area contributed by atoms with Gasteiger partial charge in [0.2, 0.25) is 0 Å². The van der Waals surface area contributed by atoms with Crippen LogP contribution < -0.4 is 5.73 Å². The summed E-state index contributed by atoms with van der Waals surface area (Å²) in [5, 5.41) is 0. The van der Waals surface area contributed by atoms with Crippen LogP contribution >= 0.6 is 0 Å². The third-order valence-corrected chi connectivity index (χ3v) is 2.88. The Morgan fingerprint density at radius 2 is 2.44 bits per heavy atom. The average Bonchev–Trinajstić information content (AvgIpc) is 2.66. The molecular weight excluding hydrogens is 208 g/mol. The van der Waals surface area contributed by atoms with Gasteiger partial charge in [-0.15, -0.1) is 0 Å². The van der Waals surface area contributed by atoms with Crippen molar-refractivity contribution in [2.75, 3.05) is 26.3 Å². The van der Waals surface area contributed by atoms with Crippen LogP contribution in [-0.4, -0.2) is 43.5 Å². The minimum Gasteiger partial charge on any atom is -0.448 e. The summed E-state index contributed by atoms with van der Waals surface area (Å²) in [6, 6.07) is 0. The summed E-state index contributed by atoms with van der Waals surface area (Å²) in [7, 11) is 0. The van der Waals surface area contributed by atoms with Crippen molar-refractivity contribution in [3.8, 4) is 0 Å². The predicted octanol–water partition coefficient (Wildman–Crippen LogP) is 1.18. The van der Waals surface area contributed by atoms with Crippen LogP contribution in [-0.2, 0) is 9.47 Å². The van der Waals surface area contributed by atoms with E-state index in [9.17, 15) is 4.79 Å². The quantitative estimate of drug-likeness (QED) is 0.744. The topological polar surface area (TPSA) is 64.8 Å². The van der Waals surface area contributed by atoms with Crippen LogP contribution in [0.2, 0.25) is 0 Å². The molecule has 0 saturated carbocycles. The zero-order valence-electron chi connectivity index (χ0n) is 10.1. The van der Waals surface area contributed by atoms with Crippen LogP contribution in [0, 0.1) is 5.92 Å². The van der Waals surface area contributed by atoms with Gasteiger partial charge < -0.3 is 15.2 Å². The highest BCUT2D eigenvalue weighted by molar-refractivity contribution is 5.64. The molecule has 0 spiro atoms. The Morgan fingerprint density at radius 1 is 1.69 bits per heavy atom. The van der Waals surface area contributed by atoms with E-state index in [0.29, 0.717) is 19.1 Å². The van der Waals surface area contributed by atoms with E-state index >= 15 is 0 Å². The summed E-state index contributed by atoms with van der Waals surface area (Å²) < 4.78 is 10.4. The lowest BCUT2D eigenvalue weighted by molar-refractivity contribution is -0.0161. The van der Waals surface area contributed by atoms with Crippen LogP contribution in [0.1, 0.15) is 26.7 Å². The maximum absolute atomic E-state index is 10.4. The zero-order valence-corrected chi connectivity index (χ0v) is 10.1. The Labute approximate surface area is 96.9 Å². The predicted molar refractivity (Wildman–Crippen MR) is 60.9 cm³/mol. The second-order valence-corrected chi connectivity index (χ2v) is 4.23. The van der Waals surface area contributed by atoms with Gasteiger partial charge in [0, 0.05) is 13.1 Å². The maximum Gasteiger partial charge on any atom is 0.404 e. The largest absolute Gasteiger partial charge is 0.448 e. The molecule has 2 atom stereocenters. The lowest BCUT2D eigenvalue weighted by Gasteiger charge is -2.27. The van der Waals surface area contributed by atoms with Crippen molar-refractivity contribution in [2.24, 2.45) is 11.7 Å². The summed E-state index contributed by atoms with van der Waals surface area (Å²) in [5.74, 6) is 0.515. The molecule has 1 saturated heterocycles. The molecule has 94 valence electrons. The molecule has 2 N–H and O–H groups in total. The van der Waals surface area contributed by atoms with E-state index in [-0.39, 0.29) is 6.23 Å². The van der Waals surface area contributed by atoms with E-state index in [2.05, 4.69) is 18.7 Å². The Kier molecular flexibility index (Phi) is 5.55. The molecule has 2 unspecified atom stereocenters. The third kappa shape index (κ3) is 3.98. The first kappa shape index (κ1) is 13.3. The molecule has 1 fully saturated rings. The number of nitrogens with two attached hydrogens (primary N) is 1. The number of hydrogen-bond donors (Lipinski definition) is 1. The van der Waals surface area contributed by atoms with Gasteiger partial charge in [0.05, 0.1) is 6.61 Å². The van der Waals surface area contributed by atoms with E-state index in [1.165, 1.54) is 0 Å². The number of nitrogens with zero attached hydrogens (tertiary/aromatic N) is 1. The normalized spacial score (nSPS) is 23.2. The van der Waals surface area contributed by atoms with Crippen molar-refractivity contribution in [3.63, 3.8) is 0 Å². The molecule has 5 heteroatoms. The molecule has 16 heavy (non-hydrogen) atoms. The molecule has 0 aromatic rings. The van der Waals surface area contributed by atoms with Crippen LogP contribution in [0.4, 0.5) is 4.79 Å². The summed E-state index contributed by atoms with van der Waals surface area (Å²) >= 11 is 0.